The standard InChI is InChI=1S/C38H46ClN5O4S/c1-43-24-40-36(41-43)21-47-33-9-3-6-25-7-4-10-35(25)49(2,46)42-37(45)27-12-16-34-32(19-27)44(20-28-11-14-30(28)33)22-38(23-48-34)17-5-8-26-18-29(39)13-15-31(26)38/h3,9,12-13,15-16,18-19,24-25,28,30,33,35H,2,4-8,10-11,14,17,20-23H2,1H3,(H,42,45,46)/b9-3+/t25-,28-,30+,33-,35-,38-,49?/m0/s1. The molecule has 0 saturated heterocycles. The Morgan fingerprint density at radius 3 is 2.86 bits per heavy atom. The SMILES string of the molecule is C=S1(=O)NC(=O)c2ccc3c(c2)N(C[C@@H]2CC[C@H]2[C@@H](OCc2ncn(C)n2)/C=C/C[C@H]2CCC[C@@H]21)C[C@@]1(CCCc2cc(Cl)ccc21)CO3. The van der Waals surface area contributed by atoms with Crippen LogP contribution in [-0.4, -0.2) is 61.8 Å². The largest absolute Gasteiger partial charge is 0.490 e. The number of carbonyl (C=O) groups excluding carboxylic acids is 1. The molecule has 11 heteroatoms. The number of aryl methyl sites for hydroxylation is 2. The molecule has 1 amide bonds. The van der Waals surface area contributed by atoms with E-state index < -0.39 is 9.71 Å². The summed E-state index contributed by atoms with van der Waals surface area (Å²) in [6.07, 6.45) is 14.8. The van der Waals surface area contributed by atoms with Crippen molar-refractivity contribution in [1.82, 2.24) is 19.5 Å². The molecule has 2 aliphatic heterocycles. The number of hydrogen-bond donors (Lipinski definition) is 1. The van der Waals surface area contributed by atoms with E-state index in [0.717, 1.165) is 87.3 Å². The van der Waals surface area contributed by atoms with Crippen LogP contribution < -0.4 is 14.4 Å². The van der Waals surface area contributed by atoms with Crippen LogP contribution in [0.25, 0.3) is 0 Å². The highest BCUT2D eigenvalue weighted by molar-refractivity contribution is 7.99. The summed E-state index contributed by atoms with van der Waals surface area (Å²) in [5, 5.41) is 5.04. The summed E-state index contributed by atoms with van der Waals surface area (Å²) in [5.41, 5.74) is 3.76. The van der Waals surface area contributed by atoms with Crippen LogP contribution in [0.3, 0.4) is 0 Å². The van der Waals surface area contributed by atoms with Crippen LogP contribution in [-0.2, 0) is 39.9 Å². The number of benzene rings is 2. The molecule has 9 nitrogen and oxygen atoms in total. The van der Waals surface area contributed by atoms with E-state index in [9.17, 15) is 9.00 Å². The number of fused-ring (bicyclic) bond motifs is 5. The number of nitrogens with zero attached hydrogens (tertiary/aromatic N) is 4. The first kappa shape index (κ1) is 32.8. The van der Waals surface area contributed by atoms with Crippen molar-refractivity contribution >= 4 is 38.8 Å². The Balaban J connectivity index is 1.18. The molecule has 0 radical (unpaired) electrons. The number of rotatable bonds is 3. The molecule has 260 valence electrons. The molecule has 2 fully saturated rings. The summed E-state index contributed by atoms with van der Waals surface area (Å²) in [7, 11) is -1.02. The van der Waals surface area contributed by atoms with Gasteiger partial charge in [0, 0.05) is 41.4 Å². The van der Waals surface area contributed by atoms with Crippen LogP contribution in [0.5, 0.6) is 5.75 Å². The third kappa shape index (κ3) is 6.40. The van der Waals surface area contributed by atoms with Crippen LogP contribution in [0.15, 0.2) is 54.9 Å². The maximum absolute atomic E-state index is 14.1. The molecule has 3 aliphatic carbocycles. The molecule has 2 bridgehead atoms. The molecule has 1 N–H and O–H groups in total. The molecule has 2 saturated carbocycles. The van der Waals surface area contributed by atoms with Gasteiger partial charge < -0.3 is 14.4 Å². The molecular weight excluding hydrogens is 658 g/mol. The number of aromatic nitrogens is 3. The maximum Gasteiger partial charge on any atom is 0.262 e. The van der Waals surface area contributed by atoms with E-state index in [4.69, 9.17) is 21.1 Å². The van der Waals surface area contributed by atoms with Crippen LogP contribution in [0.2, 0.25) is 5.02 Å². The van der Waals surface area contributed by atoms with E-state index in [0.29, 0.717) is 36.4 Å². The third-order valence-corrected chi connectivity index (χ3v) is 14.2. The Kier molecular flexibility index (Phi) is 8.77. The second-order valence-electron chi connectivity index (χ2n) is 14.9. The van der Waals surface area contributed by atoms with Crippen LogP contribution in [0.1, 0.15) is 78.7 Å². The molecule has 5 aliphatic rings. The summed E-state index contributed by atoms with van der Waals surface area (Å²) in [6.45, 7) is 2.46. The first-order valence-electron chi connectivity index (χ1n) is 17.8. The molecular formula is C38H46ClN5O4S. The molecule has 7 atom stereocenters. The summed E-state index contributed by atoms with van der Waals surface area (Å²) < 4.78 is 32.0. The zero-order chi connectivity index (χ0) is 33.8. The smallest absolute Gasteiger partial charge is 0.262 e. The Hall–Kier alpha value is -3.34. The van der Waals surface area contributed by atoms with Gasteiger partial charge in [0.25, 0.3) is 5.91 Å². The first-order valence-corrected chi connectivity index (χ1v) is 20.0. The topological polar surface area (TPSA) is 98.6 Å². The summed E-state index contributed by atoms with van der Waals surface area (Å²) >= 11 is 6.48. The molecule has 2 aromatic carbocycles. The van der Waals surface area contributed by atoms with Crippen molar-refractivity contribution in [2.45, 2.75) is 81.2 Å². The Morgan fingerprint density at radius 1 is 1.14 bits per heavy atom. The Morgan fingerprint density at radius 2 is 2.04 bits per heavy atom. The lowest BCUT2D eigenvalue weighted by Gasteiger charge is -2.46. The van der Waals surface area contributed by atoms with Gasteiger partial charge in [-0.15, -0.1) is 0 Å². The van der Waals surface area contributed by atoms with Crippen molar-refractivity contribution in [2.24, 2.45) is 24.8 Å². The highest BCUT2D eigenvalue weighted by Gasteiger charge is 2.45. The third-order valence-electron chi connectivity index (χ3n) is 11.8. The van der Waals surface area contributed by atoms with Gasteiger partial charge in [0.2, 0.25) is 0 Å². The van der Waals surface area contributed by atoms with Crippen molar-refractivity contribution < 1.29 is 18.5 Å². The van der Waals surface area contributed by atoms with E-state index in [2.05, 4.69) is 49.9 Å². The zero-order valence-electron chi connectivity index (χ0n) is 28.2. The van der Waals surface area contributed by atoms with E-state index >= 15 is 0 Å². The monoisotopic (exact) mass is 703 g/mol. The minimum absolute atomic E-state index is 0.0975. The summed E-state index contributed by atoms with van der Waals surface area (Å²) in [5.74, 6) is 6.11. The highest BCUT2D eigenvalue weighted by Crippen LogP contribution is 2.47. The van der Waals surface area contributed by atoms with Crippen LogP contribution in [0, 0.1) is 17.8 Å². The molecule has 8 rings (SSSR count). The van der Waals surface area contributed by atoms with E-state index in [-0.39, 0.29) is 28.6 Å². The fourth-order valence-electron chi connectivity index (χ4n) is 9.19. The van der Waals surface area contributed by atoms with Gasteiger partial charge in [-0.1, -0.05) is 36.2 Å². The van der Waals surface area contributed by atoms with Crippen molar-refractivity contribution in [3.63, 3.8) is 0 Å². The molecule has 1 unspecified atom stereocenters. The zero-order valence-corrected chi connectivity index (χ0v) is 29.8. The quantitative estimate of drug-likeness (QED) is 0.262. The van der Waals surface area contributed by atoms with Crippen molar-refractivity contribution in [1.29, 1.82) is 0 Å². The Bertz CT molecular complexity index is 1880. The number of allylic oxidation sites excluding steroid dienone is 1. The number of nitrogens with one attached hydrogen (secondary N) is 1. The number of hydrogen-bond acceptors (Lipinski definition) is 7. The Labute approximate surface area is 294 Å². The van der Waals surface area contributed by atoms with Crippen molar-refractivity contribution in [2.75, 3.05) is 24.6 Å². The van der Waals surface area contributed by atoms with Gasteiger partial charge in [0.15, 0.2) is 5.82 Å². The second kappa shape index (κ2) is 13.1. The van der Waals surface area contributed by atoms with Gasteiger partial charge in [0.05, 0.1) is 28.1 Å². The van der Waals surface area contributed by atoms with Crippen LogP contribution in [0.4, 0.5) is 5.69 Å². The lowest BCUT2D eigenvalue weighted by molar-refractivity contribution is -0.0249. The molecule has 3 aromatic rings. The van der Waals surface area contributed by atoms with Gasteiger partial charge in [-0.05, 0) is 116 Å². The van der Waals surface area contributed by atoms with E-state index in [1.54, 1.807) is 17.1 Å². The minimum atomic E-state index is -2.89. The number of amides is 1. The molecule has 1 aromatic heterocycles. The maximum atomic E-state index is 14.1. The van der Waals surface area contributed by atoms with Crippen molar-refractivity contribution in [3.05, 3.63) is 82.4 Å². The summed E-state index contributed by atoms with van der Waals surface area (Å²) in [6, 6.07) is 12.0. The number of carbonyl (C=O) groups is 1. The average Bonchev–Trinajstić information content (AvgIpc) is 3.69. The predicted molar refractivity (Wildman–Crippen MR) is 194 cm³/mol. The predicted octanol–water partition coefficient (Wildman–Crippen LogP) is 6.04. The van der Waals surface area contributed by atoms with Gasteiger partial charge in [-0.2, -0.15) is 5.10 Å². The van der Waals surface area contributed by atoms with Crippen molar-refractivity contribution in [3.8, 4) is 5.75 Å². The van der Waals surface area contributed by atoms with Gasteiger partial charge >= 0.3 is 0 Å². The van der Waals surface area contributed by atoms with Gasteiger partial charge in [-0.25, -0.2) is 9.19 Å². The van der Waals surface area contributed by atoms with E-state index in [1.165, 1.54) is 11.1 Å². The number of halogens is 1. The number of ether oxygens (including phenoxy) is 2. The highest BCUT2D eigenvalue weighted by atomic mass is 35.5. The van der Waals surface area contributed by atoms with Crippen LogP contribution >= 0.6 is 11.6 Å². The minimum Gasteiger partial charge on any atom is -0.490 e. The second-order valence-corrected chi connectivity index (χ2v) is 17.6. The first-order chi connectivity index (χ1) is 23.7. The average molecular weight is 704 g/mol. The van der Waals surface area contributed by atoms with Gasteiger partial charge in [0.1, 0.15) is 18.7 Å². The normalized spacial score (nSPS) is 33.3. The van der Waals surface area contributed by atoms with E-state index in [1.807, 2.05) is 25.2 Å². The number of anilines is 1. The van der Waals surface area contributed by atoms with Gasteiger partial charge in [-0.3, -0.25) is 14.2 Å². The fourth-order valence-corrected chi connectivity index (χ4v) is 11.4. The summed E-state index contributed by atoms with van der Waals surface area (Å²) in [4.78, 5) is 20.7. The molecule has 49 heavy (non-hydrogen) atoms. The lowest BCUT2D eigenvalue weighted by atomic mass is 9.68. The fraction of sp³-hybridized carbons (Fsp3) is 0.526. The molecule has 1 spiro atoms. The molecule has 3 heterocycles. The lowest BCUT2D eigenvalue weighted by Crippen LogP contribution is -2.49.